The highest BCUT2D eigenvalue weighted by atomic mass is 32.2. The fraction of sp³-hybridized carbons (Fsp3) is 0.462. The molecule has 0 aliphatic carbocycles. The average Bonchev–Trinajstić information content (AvgIpc) is 2.52. The van der Waals surface area contributed by atoms with Crippen molar-refractivity contribution in [2.75, 3.05) is 31.9 Å². The minimum Gasteiger partial charge on any atom is -0.339 e. The van der Waals surface area contributed by atoms with Gasteiger partial charge in [-0.2, -0.15) is 17.5 Å². The minimum absolute atomic E-state index is 0.0368. The highest BCUT2D eigenvalue weighted by molar-refractivity contribution is 8.00. The Morgan fingerprint density at radius 3 is 2.25 bits per heavy atom. The summed E-state index contributed by atoms with van der Waals surface area (Å²) in [5.41, 5.74) is -4.49. The molecule has 1 aliphatic rings. The van der Waals surface area contributed by atoms with Gasteiger partial charge in [-0.25, -0.2) is 12.8 Å². The molecule has 1 saturated heterocycles. The van der Waals surface area contributed by atoms with Gasteiger partial charge in [0, 0.05) is 26.2 Å². The van der Waals surface area contributed by atoms with E-state index in [2.05, 4.69) is 0 Å². The maximum Gasteiger partial charge on any atom is 0.442 e. The number of piperazine rings is 1. The molecule has 0 aromatic heterocycles. The van der Waals surface area contributed by atoms with E-state index < -0.39 is 49.7 Å². The monoisotopic (exact) mass is 386 g/mol. The Bertz CT molecular complexity index is 701. The van der Waals surface area contributed by atoms with Gasteiger partial charge in [0.05, 0.1) is 5.75 Å². The van der Waals surface area contributed by atoms with Crippen LogP contribution in [-0.2, 0) is 14.8 Å². The highest BCUT2D eigenvalue weighted by Crippen LogP contribution is 2.30. The number of nitrogens with zero attached hydrogens (tertiary/aromatic N) is 2. The maximum absolute atomic E-state index is 13.7. The summed E-state index contributed by atoms with van der Waals surface area (Å²) in [7, 11) is -4.04. The van der Waals surface area contributed by atoms with Gasteiger partial charge in [0.2, 0.25) is 15.9 Å². The Labute approximate surface area is 140 Å². The summed E-state index contributed by atoms with van der Waals surface area (Å²) in [6.07, 6.45) is 0. The molecule has 0 radical (unpaired) electrons. The number of sulfonamides is 1. The summed E-state index contributed by atoms with van der Waals surface area (Å²) in [6, 6.07) is 4.93. The summed E-state index contributed by atoms with van der Waals surface area (Å²) < 4.78 is 75.7. The lowest BCUT2D eigenvalue weighted by Crippen LogP contribution is -2.51. The zero-order valence-corrected chi connectivity index (χ0v) is 13.9. The molecule has 0 atom stereocenters. The van der Waals surface area contributed by atoms with Crippen molar-refractivity contribution in [3.63, 3.8) is 0 Å². The second kappa shape index (κ2) is 7.28. The Balaban J connectivity index is 1.97. The van der Waals surface area contributed by atoms with Crippen LogP contribution in [0.1, 0.15) is 0 Å². The van der Waals surface area contributed by atoms with E-state index >= 15 is 0 Å². The molecule has 0 N–H and O–H groups in total. The molecule has 1 heterocycles. The van der Waals surface area contributed by atoms with Gasteiger partial charge in [0.1, 0.15) is 10.7 Å². The van der Waals surface area contributed by atoms with Crippen molar-refractivity contribution >= 4 is 27.7 Å². The molecular weight excluding hydrogens is 372 g/mol. The number of carbonyl (C=O) groups is 1. The third-order valence-electron chi connectivity index (χ3n) is 3.41. The van der Waals surface area contributed by atoms with E-state index in [1.807, 2.05) is 0 Å². The molecule has 0 saturated carbocycles. The highest BCUT2D eigenvalue weighted by Gasteiger charge is 2.34. The van der Waals surface area contributed by atoms with Crippen molar-refractivity contribution in [2.45, 2.75) is 10.4 Å². The molecule has 1 aliphatic heterocycles. The number of thioether (sulfide) groups is 1. The molecule has 1 fully saturated rings. The van der Waals surface area contributed by atoms with E-state index in [4.69, 9.17) is 0 Å². The van der Waals surface area contributed by atoms with Crippen molar-refractivity contribution in [3.8, 4) is 0 Å². The standard InChI is InChI=1S/C13H14F4N2O3S2/c14-10-3-1-2-4-11(10)24(21,22)19-7-5-18(6-8-19)12(20)9-23-13(15,16)17/h1-4H,5-9H2. The molecule has 0 bridgehead atoms. The predicted octanol–water partition coefficient (Wildman–Crippen LogP) is 1.91. The molecular formula is C13H14F4N2O3S2. The van der Waals surface area contributed by atoms with E-state index in [0.29, 0.717) is 0 Å². The number of halogens is 4. The number of hydrogen-bond donors (Lipinski definition) is 0. The molecule has 0 spiro atoms. The Hall–Kier alpha value is -1.33. The molecule has 0 unspecified atom stereocenters. The summed E-state index contributed by atoms with van der Waals surface area (Å²) in [4.78, 5) is 12.4. The summed E-state index contributed by atoms with van der Waals surface area (Å²) in [6.45, 7) is -0.270. The van der Waals surface area contributed by atoms with Gasteiger partial charge in [0.15, 0.2) is 0 Å². The lowest BCUT2D eigenvalue weighted by Gasteiger charge is -2.34. The van der Waals surface area contributed by atoms with Crippen LogP contribution in [0.4, 0.5) is 17.6 Å². The first-order chi connectivity index (χ1) is 11.1. The minimum atomic E-state index is -4.49. The number of benzene rings is 1. The van der Waals surface area contributed by atoms with Crippen LogP contribution in [0.25, 0.3) is 0 Å². The van der Waals surface area contributed by atoms with Gasteiger partial charge < -0.3 is 4.90 Å². The van der Waals surface area contributed by atoms with Gasteiger partial charge in [-0.1, -0.05) is 12.1 Å². The van der Waals surface area contributed by atoms with Crippen molar-refractivity contribution in [1.82, 2.24) is 9.21 Å². The fourth-order valence-electron chi connectivity index (χ4n) is 2.21. The number of alkyl halides is 3. The lowest BCUT2D eigenvalue weighted by atomic mass is 10.3. The second-order valence-electron chi connectivity index (χ2n) is 4.95. The van der Waals surface area contributed by atoms with E-state index in [9.17, 15) is 30.8 Å². The van der Waals surface area contributed by atoms with Crippen molar-refractivity contribution < 1.29 is 30.8 Å². The van der Waals surface area contributed by atoms with Crippen molar-refractivity contribution in [1.29, 1.82) is 0 Å². The number of carbonyl (C=O) groups excluding carboxylic acids is 1. The molecule has 2 rings (SSSR count). The van der Waals surface area contributed by atoms with Crippen LogP contribution in [0.2, 0.25) is 0 Å². The van der Waals surface area contributed by atoms with E-state index in [0.717, 1.165) is 16.4 Å². The first kappa shape index (κ1) is 19.0. The number of amides is 1. The summed E-state index contributed by atoms with van der Waals surface area (Å²) in [5, 5.41) is 0. The van der Waals surface area contributed by atoms with Crippen LogP contribution in [0.5, 0.6) is 0 Å². The molecule has 1 amide bonds. The van der Waals surface area contributed by atoms with Gasteiger partial charge in [0.25, 0.3) is 0 Å². The van der Waals surface area contributed by atoms with Gasteiger partial charge in [-0.05, 0) is 23.9 Å². The van der Waals surface area contributed by atoms with Gasteiger partial charge >= 0.3 is 5.51 Å². The van der Waals surface area contributed by atoms with Crippen LogP contribution in [0.15, 0.2) is 29.2 Å². The van der Waals surface area contributed by atoms with E-state index in [1.54, 1.807) is 0 Å². The smallest absolute Gasteiger partial charge is 0.339 e. The normalized spacial score (nSPS) is 17.1. The molecule has 24 heavy (non-hydrogen) atoms. The zero-order valence-electron chi connectivity index (χ0n) is 12.3. The van der Waals surface area contributed by atoms with E-state index in [-0.39, 0.29) is 26.2 Å². The third-order valence-corrected chi connectivity index (χ3v) is 6.06. The quantitative estimate of drug-likeness (QED) is 0.742. The molecule has 1 aromatic carbocycles. The summed E-state index contributed by atoms with van der Waals surface area (Å²) in [5.74, 6) is -2.33. The first-order valence-corrected chi connectivity index (χ1v) is 9.27. The fourth-order valence-corrected chi connectivity index (χ4v) is 4.16. The maximum atomic E-state index is 13.7. The van der Waals surface area contributed by atoms with Crippen molar-refractivity contribution in [3.05, 3.63) is 30.1 Å². The lowest BCUT2D eigenvalue weighted by molar-refractivity contribution is -0.129. The van der Waals surface area contributed by atoms with Crippen LogP contribution in [0, 0.1) is 5.82 Å². The van der Waals surface area contributed by atoms with Gasteiger partial charge in [-0.15, -0.1) is 0 Å². The average molecular weight is 386 g/mol. The van der Waals surface area contributed by atoms with Crippen LogP contribution < -0.4 is 0 Å². The molecule has 1 aromatic rings. The first-order valence-electron chi connectivity index (χ1n) is 6.84. The van der Waals surface area contributed by atoms with Crippen LogP contribution in [0.3, 0.4) is 0 Å². The largest absolute Gasteiger partial charge is 0.442 e. The third kappa shape index (κ3) is 4.61. The second-order valence-corrected chi connectivity index (χ2v) is 7.90. The van der Waals surface area contributed by atoms with Crippen molar-refractivity contribution in [2.24, 2.45) is 0 Å². The molecule has 11 heteroatoms. The zero-order chi connectivity index (χ0) is 18.0. The van der Waals surface area contributed by atoms with Gasteiger partial charge in [-0.3, -0.25) is 4.79 Å². The van der Waals surface area contributed by atoms with Crippen LogP contribution >= 0.6 is 11.8 Å². The Morgan fingerprint density at radius 2 is 1.71 bits per heavy atom. The SMILES string of the molecule is O=C(CSC(F)(F)F)N1CCN(S(=O)(=O)c2ccccc2F)CC1. The summed E-state index contributed by atoms with van der Waals surface area (Å²) >= 11 is -0.432. The van der Waals surface area contributed by atoms with Crippen LogP contribution in [-0.4, -0.2) is 61.0 Å². The van der Waals surface area contributed by atoms with E-state index in [1.165, 1.54) is 17.0 Å². The Morgan fingerprint density at radius 1 is 1.12 bits per heavy atom. The number of hydrogen-bond acceptors (Lipinski definition) is 4. The predicted molar refractivity (Wildman–Crippen MR) is 80.3 cm³/mol. The topological polar surface area (TPSA) is 57.7 Å². The Kier molecular flexibility index (Phi) is 5.76. The number of rotatable bonds is 4. The molecule has 134 valence electrons. The molecule has 5 nitrogen and oxygen atoms in total.